The van der Waals surface area contributed by atoms with Crippen LogP contribution in [0.15, 0.2) is 84.1 Å². The van der Waals surface area contributed by atoms with Crippen molar-refractivity contribution in [2.45, 2.75) is 25.3 Å². The quantitative estimate of drug-likeness (QED) is 0.204. The Balaban J connectivity index is 1.40. The molecular formula is C30H26N6O4. The third kappa shape index (κ3) is 4.75. The molecule has 3 aromatic carbocycles. The number of benzene rings is 3. The Morgan fingerprint density at radius 3 is 2.52 bits per heavy atom. The monoisotopic (exact) mass is 534 g/mol. The number of rotatable bonds is 7. The number of hydrogen-bond donors (Lipinski definition) is 1. The number of nitro benzene ring substituents is 1. The summed E-state index contributed by atoms with van der Waals surface area (Å²) < 4.78 is 1.92. The maximum Gasteiger partial charge on any atom is 0.269 e. The minimum Gasteiger partial charge on any atom is -0.338 e. The fourth-order valence-corrected chi connectivity index (χ4v) is 5.27. The number of hydrogen-bond acceptors (Lipinski definition) is 6. The van der Waals surface area contributed by atoms with E-state index in [1.165, 1.54) is 12.1 Å². The first-order valence-corrected chi connectivity index (χ1v) is 13.0. The molecule has 1 fully saturated rings. The number of carbonyl (C=O) groups excluding carboxylic acids is 2. The number of nitrogens with zero attached hydrogens (tertiary/aromatic N) is 5. The molecule has 10 nitrogen and oxygen atoms in total. The van der Waals surface area contributed by atoms with Crippen LogP contribution in [0.1, 0.15) is 35.4 Å². The van der Waals surface area contributed by atoms with Gasteiger partial charge in [-0.1, -0.05) is 24.3 Å². The van der Waals surface area contributed by atoms with Crippen LogP contribution in [0, 0.1) is 10.1 Å². The van der Waals surface area contributed by atoms with E-state index >= 15 is 0 Å². The summed E-state index contributed by atoms with van der Waals surface area (Å²) in [6.07, 6.45) is 5.06. The van der Waals surface area contributed by atoms with Crippen molar-refractivity contribution in [3.8, 4) is 11.4 Å². The number of anilines is 1. The minimum atomic E-state index is -0.838. The molecule has 2 aliphatic heterocycles. The smallest absolute Gasteiger partial charge is 0.269 e. The van der Waals surface area contributed by atoms with Crippen LogP contribution in [-0.2, 0) is 23.2 Å². The van der Waals surface area contributed by atoms with E-state index in [0.29, 0.717) is 41.2 Å². The molecule has 1 unspecified atom stereocenters. The highest BCUT2D eigenvalue weighted by molar-refractivity contribution is 6.24. The second-order valence-corrected chi connectivity index (χ2v) is 9.97. The molecule has 40 heavy (non-hydrogen) atoms. The van der Waals surface area contributed by atoms with Gasteiger partial charge in [-0.25, -0.2) is 4.98 Å². The second kappa shape index (κ2) is 10.2. The van der Waals surface area contributed by atoms with Gasteiger partial charge in [0.1, 0.15) is 11.7 Å². The van der Waals surface area contributed by atoms with Crippen LogP contribution in [-0.4, -0.2) is 43.4 Å². The molecule has 3 heterocycles. The summed E-state index contributed by atoms with van der Waals surface area (Å²) in [5, 5.41) is 14.4. The zero-order valence-electron chi connectivity index (χ0n) is 21.8. The van der Waals surface area contributed by atoms with Gasteiger partial charge >= 0.3 is 0 Å². The van der Waals surface area contributed by atoms with E-state index in [1.54, 1.807) is 12.3 Å². The molecular weight excluding hydrogens is 508 g/mol. The van der Waals surface area contributed by atoms with Crippen molar-refractivity contribution in [3.05, 3.63) is 106 Å². The van der Waals surface area contributed by atoms with Crippen molar-refractivity contribution in [2.24, 2.45) is 12.0 Å². The van der Waals surface area contributed by atoms with E-state index in [2.05, 4.69) is 10.3 Å². The Morgan fingerprint density at radius 1 is 1.10 bits per heavy atom. The largest absolute Gasteiger partial charge is 0.338 e. The van der Waals surface area contributed by atoms with Crippen LogP contribution in [0.5, 0.6) is 0 Å². The Hall–Kier alpha value is -5.12. The van der Waals surface area contributed by atoms with E-state index in [4.69, 9.17) is 4.99 Å². The highest BCUT2D eigenvalue weighted by atomic mass is 16.6. The lowest BCUT2D eigenvalue weighted by Crippen LogP contribution is -2.24. The Bertz CT molecular complexity index is 1660. The van der Waals surface area contributed by atoms with Gasteiger partial charge in [0.25, 0.3) is 5.69 Å². The second-order valence-electron chi connectivity index (χ2n) is 9.97. The predicted octanol–water partition coefficient (Wildman–Crippen LogP) is 4.97. The van der Waals surface area contributed by atoms with Crippen molar-refractivity contribution < 1.29 is 14.5 Å². The molecule has 10 heteroatoms. The van der Waals surface area contributed by atoms with Crippen LogP contribution in [0.2, 0.25) is 0 Å². The fraction of sp³-hybridized carbons (Fsp3) is 0.200. The van der Waals surface area contributed by atoms with E-state index in [9.17, 15) is 19.7 Å². The Labute approximate surface area is 230 Å². The molecule has 0 saturated carbocycles. The van der Waals surface area contributed by atoms with Gasteiger partial charge in [0.15, 0.2) is 0 Å². The molecule has 1 N–H and O–H groups in total. The SMILES string of the molecule is Cn1ccnc1-c1ccc(N=C(c2ccc(CN3CCCC3=O)cc2)C2C(=O)Nc3ccc([N+](=O)[O-])cc32)cc1. The summed E-state index contributed by atoms with van der Waals surface area (Å²) >= 11 is 0. The first-order valence-electron chi connectivity index (χ1n) is 13.0. The lowest BCUT2D eigenvalue weighted by atomic mass is 9.90. The maximum atomic E-state index is 13.3. The zero-order valence-corrected chi connectivity index (χ0v) is 21.8. The Morgan fingerprint density at radius 2 is 1.88 bits per heavy atom. The van der Waals surface area contributed by atoms with Crippen LogP contribution >= 0.6 is 0 Å². The highest BCUT2D eigenvalue weighted by Gasteiger charge is 2.36. The number of fused-ring (bicyclic) bond motifs is 1. The molecule has 0 radical (unpaired) electrons. The van der Waals surface area contributed by atoms with Gasteiger partial charge in [-0.3, -0.25) is 24.7 Å². The Kier molecular flexibility index (Phi) is 6.43. The summed E-state index contributed by atoms with van der Waals surface area (Å²) in [5.74, 6) is -0.166. The average molecular weight is 535 g/mol. The van der Waals surface area contributed by atoms with Crippen LogP contribution in [0.3, 0.4) is 0 Å². The molecule has 2 aliphatic rings. The number of amides is 2. The minimum absolute atomic E-state index is 0.0929. The molecule has 2 amide bonds. The van der Waals surface area contributed by atoms with Crippen LogP contribution < -0.4 is 5.32 Å². The van der Waals surface area contributed by atoms with E-state index in [-0.39, 0.29) is 17.5 Å². The molecule has 1 atom stereocenters. The van der Waals surface area contributed by atoms with Gasteiger partial charge in [-0.2, -0.15) is 0 Å². The lowest BCUT2D eigenvalue weighted by molar-refractivity contribution is -0.384. The van der Waals surface area contributed by atoms with Crippen molar-refractivity contribution in [2.75, 3.05) is 11.9 Å². The molecule has 1 aromatic heterocycles. The molecule has 1 saturated heterocycles. The normalized spacial score (nSPS) is 16.8. The number of aliphatic imine (C=N–C) groups is 1. The third-order valence-corrected chi connectivity index (χ3v) is 7.34. The van der Waals surface area contributed by atoms with Crippen molar-refractivity contribution in [3.63, 3.8) is 0 Å². The standard InChI is InChI=1S/C30H26N6O4/c1-34-16-14-31-29(34)21-8-10-22(11-9-21)32-28(20-6-4-19(5-7-20)18-35-15-2-3-26(35)37)27-24-17-23(36(39)40)12-13-25(24)33-30(27)38/h4-14,16-17,27H,2-3,15,18H2,1H3,(H,33,38). The predicted molar refractivity (Wildman–Crippen MR) is 150 cm³/mol. The number of aryl methyl sites for hydroxylation is 1. The highest BCUT2D eigenvalue weighted by Crippen LogP contribution is 2.38. The molecule has 4 aromatic rings. The van der Waals surface area contributed by atoms with Crippen LogP contribution in [0.4, 0.5) is 17.1 Å². The van der Waals surface area contributed by atoms with Crippen molar-refractivity contribution in [1.29, 1.82) is 0 Å². The summed E-state index contributed by atoms with van der Waals surface area (Å²) in [6, 6.07) is 19.6. The number of imidazole rings is 1. The first-order chi connectivity index (χ1) is 19.4. The topological polar surface area (TPSA) is 123 Å². The number of non-ortho nitro benzene ring substituents is 1. The van der Waals surface area contributed by atoms with Gasteiger partial charge in [0, 0.05) is 67.9 Å². The summed E-state index contributed by atoms with van der Waals surface area (Å²) in [6.45, 7) is 1.28. The molecule has 0 aliphatic carbocycles. The maximum absolute atomic E-state index is 13.3. The van der Waals surface area contributed by atoms with E-state index < -0.39 is 10.8 Å². The number of nitro groups is 1. The fourth-order valence-electron chi connectivity index (χ4n) is 5.27. The molecule has 0 spiro atoms. The number of carbonyl (C=O) groups is 2. The van der Waals surface area contributed by atoms with E-state index in [1.807, 2.05) is 71.2 Å². The number of aromatic nitrogens is 2. The zero-order chi connectivity index (χ0) is 27.8. The van der Waals surface area contributed by atoms with Gasteiger partial charge < -0.3 is 14.8 Å². The third-order valence-electron chi connectivity index (χ3n) is 7.34. The van der Waals surface area contributed by atoms with Crippen molar-refractivity contribution >= 4 is 34.6 Å². The van der Waals surface area contributed by atoms with Gasteiger partial charge in [0.05, 0.1) is 16.3 Å². The lowest BCUT2D eigenvalue weighted by Gasteiger charge is -2.17. The molecule has 6 rings (SSSR count). The molecule has 200 valence electrons. The van der Waals surface area contributed by atoms with Crippen LogP contribution in [0.25, 0.3) is 11.4 Å². The summed E-state index contributed by atoms with van der Waals surface area (Å²) in [7, 11) is 1.92. The van der Waals surface area contributed by atoms with Gasteiger partial charge in [0.2, 0.25) is 11.8 Å². The van der Waals surface area contributed by atoms with Gasteiger partial charge in [-0.05, 0) is 47.9 Å². The summed E-state index contributed by atoms with van der Waals surface area (Å²) in [4.78, 5) is 47.6. The molecule has 0 bridgehead atoms. The number of nitrogens with one attached hydrogen (secondary N) is 1. The van der Waals surface area contributed by atoms with Crippen molar-refractivity contribution in [1.82, 2.24) is 14.5 Å². The van der Waals surface area contributed by atoms with E-state index in [0.717, 1.165) is 29.9 Å². The first kappa shape index (κ1) is 25.2. The summed E-state index contributed by atoms with van der Waals surface area (Å²) in [5.41, 5.74) is 4.67. The average Bonchev–Trinajstić information content (AvgIpc) is 3.65. The number of likely N-dealkylation sites (tertiary alicyclic amines) is 1. The van der Waals surface area contributed by atoms with Gasteiger partial charge in [-0.15, -0.1) is 0 Å².